The van der Waals surface area contributed by atoms with Crippen LogP contribution in [0.25, 0.3) is 0 Å². The third-order valence-electron chi connectivity index (χ3n) is 3.51. The highest BCUT2D eigenvalue weighted by Gasteiger charge is 2.25. The second-order valence-electron chi connectivity index (χ2n) is 5.06. The fraction of sp³-hybridized carbons (Fsp3) is 0.533. The van der Waals surface area contributed by atoms with Gasteiger partial charge in [-0.3, -0.25) is 9.69 Å². The molecular formula is C15H23N3O2. The summed E-state index contributed by atoms with van der Waals surface area (Å²) >= 11 is 0. The fourth-order valence-corrected chi connectivity index (χ4v) is 2.27. The first-order chi connectivity index (χ1) is 9.72. The highest BCUT2D eigenvalue weighted by atomic mass is 16.5. The fourth-order valence-electron chi connectivity index (χ4n) is 2.27. The molecule has 0 aromatic heterocycles. The maximum atomic E-state index is 12.1. The molecule has 1 fully saturated rings. The van der Waals surface area contributed by atoms with E-state index in [1.165, 1.54) is 0 Å². The van der Waals surface area contributed by atoms with E-state index in [1.54, 1.807) is 7.11 Å². The van der Waals surface area contributed by atoms with Gasteiger partial charge in [0.15, 0.2) is 0 Å². The minimum absolute atomic E-state index is 0.0375. The maximum absolute atomic E-state index is 12.1. The smallest absolute Gasteiger partial charge is 0.238 e. The van der Waals surface area contributed by atoms with Crippen molar-refractivity contribution >= 4 is 11.6 Å². The van der Waals surface area contributed by atoms with Crippen LogP contribution in [0.3, 0.4) is 0 Å². The molecule has 5 nitrogen and oxygen atoms in total. The number of methoxy groups -OCH3 is 1. The summed E-state index contributed by atoms with van der Waals surface area (Å²) in [6, 6.07) is 7.89. The summed E-state index contributed by atoms with van der Waals surface area (Å²) in [5, 5.41) is 6.18. The Bertz CT molecular complexity index is 429. The van der Waals surface area contributed by atoms with Gasteiger partial charge >= 0.3 is 0 Å². The number of amides is 1. The minimum Gasteiger partial charge on any atom is -0.497 e. The van der Waals surface area contributed by atoms with Crippen LogP contribution in [0.2, 0.25) is 0 Å². The molecule has 0 aliphatic carbocycles. The molecule has 2 N–H and O–H groups in total. The van der Waals surface area contributed by atoms with Crippen LogP contribution >= 0.6 is 0 Å². The zero-order valence-electron chi connectivity index (χ0n) is 12.2. The van der Waals surface area contributed by atoms with Crippen molar-refractivity contribution in [1.82, 2.24) is 10.2 Å². The Balaban J connectivity index is 1.86. The van der Waals surface area contributed by atoms with Crippen LogP contribution in [0.1, 0.15) is 13.3 Å². The summed E-state index contributed by atoms with van der Waals surface area (Å²) in [5.74, 6) is 0.826. The lowest BCUT2D eigenvalue weighted by Crippen LogP contribution is -2.58. The molecule has 1 aliphatic rings. The Morgan fingerprint density at radius 1 is 1.40 bits per heavy atom. The van der Waals surface area contributed by atoms with E-state index in [-0.39, 0.29) is 5.91 Å². The van der Waals surface area contributed by atoms with Crippen LogP contribution in [0, 0.1) is 0 Å². The minimum atomic E-state index is 0.0375. The van der Waals surface area contributed by atoms with Gasteiger partial charge in [-0.05, 0) is 37.2 Å². The summed E-state index contributed by atoms with van der Waals surface area (Å²) in [5.41, 5.74) is 0.805. The van der Waals surface area contributed by atoms with Crippen LogP contribution in [-0.2, 0) is 4.79 Å². The Morgan fingerprint density at radius 3 is 2.60 bits per heavy atom. The third kappa shape index (κ3) is 3.95. The molecule has 5 heteroatoms. The Morgan fingerprint density at radius 2 is 2.10 bits per heavy atom. The lowest BCUT2D eigenvalue weighted by molar-refractivity contribution is -0.118. The molecule has 0 bridgehead atoms. The van der Waals surface area contributed by atoms with Crippen molar-refractivity contribution in [2.24, 2.45) is 0 Å². The summed E-state index contributed by atoms with van der Waals surface area (Å²) < 4.78 is 5.10. The normalized spacial score (nSPS) is 14.9. The van der Waals surface area contributed by atoms with Gasteiger partial charge < -0.3 is 15.4 Å². The molecule has 1 heterocycles. The average molecular weight is 277 g/mol. The Labute approximate surface area is 120 Å². The monoisotopic (exact) mass is 277 g/mol. The maximum Gasteiger partial charge on any atom is 0.238 e. The van der Waals surface area contributed by atoms with Crippen LogP contribution < -0.4 is 15.4 Å². The number of anilines is 1. The summed E-state index contributed by atoms with van der Waals surface area (Å²) in [6.45, 7) is 5.51. The number of hydrogen-bond donors (Lipinski definition) is 2. The molecule has 2 rings (SSSR count). The second-order valence-corrected chi connectivity index (χ2v) is 5.06. The number of hydrogen-bond acceptors (Lipinski definition) is 4. The van der Waals surface area contributed by atoms with Crippen molar-refractivity contribution in [3.63, 3.8) is 0 Å². The van der Waals surface area contributed by atoms with E-state index < -0.39 is 0 Å². The van der Waals surface area contributed by atoms with Crippen molar-refractivity contribution < 1.29 is 9.53 Å². The lowest BCUT2D eigenvalue weighted by Gasteiger charge is -2.37. The van der Waals surface area contributed by atoms with Gasteiger partial charge in [-0.25, -0.2) is 0 Å². The predicted octanol–water partition coefficient (Wildman–Crippen LogP) is 1.32. The van der Waals surface area contributed by atoms with Crippen LogP contribution in [0.5, 0.6) is 5.75 Å². The number of nitrogens with zero attached hydrogens (tertiary/aromatic N) is 1. The van der Waals surface area contributed by atoms with Gasteiger partial charge in [0, 0.05) is 24.8 Å². The highest BCUT2D eigenvalue weighted by molar-refractivity contribution is 5.92. The van der Waals surface area contributed by atoms with Gasteiger partial charge in [-0.1, -0.05) is 6.92 Å². The van der Waals surface area contributed by atoms with E-state index in [0.717, 1.165) is 37.5 Å². The first-order valence-electron chi connectivity index (χ1n) is 7.11. The van der Waals surface area contributed by atoms with Gasteiger partial charge in [0.1, 0.15) is 5.75 Å². The highest BCUT2D eigenvalue weighted by Crippen LogP contribution is 2.15. The van der Waals surface area contributed by atoms with E-state index in [1.807, 2.05) is 24.3 Å². The average Bonchev–Trinajstić information content (AvgIpc) is 2.37. The molecule has 110 valence electrons. The topological polar surface area (TPSA) is 53.6 Å². The van der Waals surface area contributed by atoms with Crippen LogP contribution in [0.4, 0.5) is 5.69 Å². The van der Waals surface area contributed by atoms with Crippen LogP contribution in [-0.4, -0.2) is 50.1 Å². The molecule has 0 saturated carbocycles. The zero-order valence-corrected chi connectivity index (χ0v) is 12.2. The molecule has 0 unspecified atom stereocenters. The van der Waals surface area contributed by atoms with Gasteiger partial charge in [0.25, 0.3) is 0 Å². The molecule has 1 aliphatic heterocycles. The van der Waals surface area contributed by atoms with Gasteiger partial charge in [0.05, 0.1) is 13.7 Å². The second kappa shape index (κ2) is 7.26. The number of carbonyl (C=O) groups is 1. The van der Waals surface area contributed by atoms with Crippen molar-refractivity contribution in [1.29, 1.82) is 0 Å². The molecule has 20 heavy (non-hydrogen) atoms. The molecule has 1 aromatic carbocycles. The number of rotatable bonds is 7. The molecular weight excluding hydrogens is 254 g/mol. The van der Waals surface area contributed by atoms with E-state index in [0.29, 0.717) is 12.6 Å². The van der Waals surface area contributed by atoms with E-state index in [4.69, 9.17) is 4.74 Å². The largest absolute Gasteiger partial charge is 0.497 e. The summed E-state index contributed by atoms with van der Waals surface area (Å²) in [4.78, 5) is 14.3. The summed E-state index contributed by atoms with van der Waals surface area (Å²) in [6.07, 6.45) is 1.06. The van der Waals surface area contributed by atoms with E-state index >= 15 is 0 Å². The van der Waals surface area contributed by atoms with E-state index in [9.17, 15) is 4.79 Å². The predicted molar refractivity (Wildman–Crippen MR) is 80.1 cm³/mol. The Kier molecular flexibility index (Phi) is 5.38. The van der Waals surface area contributed by atoms with Crippen molar-refractivity contribution in [2.45, 2.75) is 19.4 Å². The van der Waals surface area contributed by atoms with E-state index in [2.05, 4.69) is 22.5 Å². The SMILES string of the molecule is CCCN(CC(=O)Nc1ccc(OC)cc1)C1CNC1. The number of ether oxygens (including phenoxy) is 1. The summed E-state index contributed by atoms with van der Waals surface area (Å²) in [7, 11) is 1.63. The third-order valence-corrected chi connectivity index (χ3v) is 3.51. The van der Waals surface area contributed by atoms with Crippen molar-refractivity contribution in [3.05, 3.63) is 24.3 Å². The van der Waals surface area contributed by atoms with Crippen molar-refractivity contribution in [3.8, 4) is 5.75 Å². The first-order valence-corrected chi connectivity index (χ1v) is 7.11. The molecule has 1 saturated heterocycles. The van der Waals surface area contributed by atoms with Gasteiger partial charge in [-0.2, -0.15) is 0 Å². The number of carbonyl (C=O) groups excluding carboxylic acids is 1. The molecule has 0 radical (unpaired) electrons. The quantitative estimate of drug-likeness (QED) is 0.789. The van der Waals surface area contributed by atoms with Gasteiger partial charge in [0.2, 0.25) is 5.91 Å². The number of nitrogens with one attached hydrogen (secondary N) is 2. The zero-order chi connectivity index (χ0) is 14.4. The molecule has 1 amide bonds. The Hall–Kier alpha value is -1.59. The standard InChI is InChI=1S/C15H23N3O2/c1-3-8-18(13-9-16-10-13)11-15(19)17-12-4-6-14(20-2)7-5-12/h4-7,13,16H,3,8-11H2,1-2H3,(H,17,19). The molecule has 0 atom stereocenters. The molecule has 1 aromatic rings. The number of benzene rings is 1. The first kappa shape index (κ1) is 14.8. The van der Waals surface area contributed by atoms with Gasteiger partial charge in [-0.15, -0.1) is 0 Å². The van der Waals surface area contributed by atoms with Crippen molar-refractivity contribution in [2.75, 3.05) is 38.6 Å². The lowest BCUT2D eigenvalue weighted by atomic mass is 10.1. The molecule has 0 spiro atoms. The van der Waals surface area contributed by atoms with Crippen LogP contribution in [0.15, 0.2) is 24.3 Å².